The van der Waals surface area contributed by atoms with Crippen LogP contribution in [0.25, 0.3) is 0 Å². The van der Waals surface area contributed by atoms with Crippen LogP contribution in [0.5, 0.6) is 0 Å². The standard InChI is InChI=1S/C10H9BrClF2NO2/c1-2-17-7(16)4-5-3-6(10(13)14)8(11)9(12)15-5/h3,10H,2,4H2,1H3. The highest BCUT2D eigenvalue weighted by Crippen LogP contribution is 2.32. The number of ether oxygens (including phenoxy) is 1. The van der Waals surface area contributed by atoms with Crippen LogP contribution in [0.2, 0.25) is 5.15 Å². The number of hydrogen-bond acceptors (Lipinski definition) is 3. The fraction of sp³-hybridized carbons (Fsp3) is 0.400. The maximum Gasteiger partial charge on any atom is 0.311 e. The summed E-state index contributed by atoms with van der Waals surface area (Å²) in [6.07, 6.45) is -2.87. The maximum absolute atomic E-state index is 12.6. The van der Waals surface area contributed by atoms with Gasteiger partial charge in [-0.2, -0.15) is 0 Å². The molecule has 0 aliphatic carbocycles. The molecule has 1 aromatic heterocycles. The highest BCUT2D eigenvalue weighted by Gasteiger charge is 2.18. The number of hydrogen-bond donors (Lipinski definition) is 0. The number of esters is 1. The first kappa shape index (κ1) is 14.3. The maximum atomic E-state index is 12.6. The van der Waals surface area contributed by atoms with Gasteiger partial charge in [-0.15, -0.1) is 0 Å². The predicted molar refractivity (Wildman–Crippen MR) is 62.2 cm³/mol. The Labute approximate surface area is 110 Å². The Morgan fingerprint density at radius 1 is 1.65 bits per heavy atom. The number of aromatic nitrogens is 1. The van der Waals surface area contributed by atoms with Crippen molar-refractivity contribution >= 4 is 33.5 Å². The van der Waals surface area contributed by atoms with Crippen molar-refractivity contribution in [2.45, 2.75) is 19.8 Å². The van der Waals surface area contributed by atoms with Crippen LogP contribution < -0.4 is 0 Å². The van der Waals surface area contributed by atoms with Gasteiger partial charge in [0, 0.05) is 5.56 Å². The van der Waals surface area contributed by atoms with Gasteiger partial charge < -0.3 is 4.74 Å². The van der Waals surface area contributed by atoms with E-state index in [1.54, 1.807) is 6.92 Å². The predicted octanol–water partition coefficient (Wildman–Crippen LogP) is 3.54. The van der Waals surface area contributed by atoms with Gasteiger partial charge in [-0.1, -0.05) is 11.6 Å². The van der Waals surface area contributed by atoms with Gasteiger partial charge in [0.1, 0.15) is 5.15 Å². The van der Waals surface area contributed by atoms with Crippen LogP contribution >= 0.6 is 27.5 Å². The molecule has 1 rings (SSSR count). The summed E-state index contributed by atoms with van der Waals surface area (Å²) in [6.45, 7) is 1.88. The SMILES string of the molecule is CCOC(=O)Cc1cc(C(F)F)c(Br)c(Cl)n1. The molecule has 0 unspecified atom stereocenters. The van der Waals surface area contributed by atoms with Crippen molar-refractivity contribution in [1.29, 1.82) is 0 Å². The average molecular weight is 329 g/mol. The summed E-state index contributed by atoms with van der Waals surface area (Å²) in [6, 6.07) is 1.14. The fourth-order valence-corrected chi connectivity index (χ4v) is 1.77. The molecule has 0 saturated carbocycles. The monoisotopic (exact) mass is 327 g/mol. The van der Waals surface area contributed by atoms with E-state index in [-0.39, 0.29) is 33.9 Å². The topological polar surface area (TPSA) is 39.2 Å². The Kier molecular flexibility index (Phi) is 5.27. The first-order valence-corrected chi connectivity index (χ1v) is 5.91. The van der Waals surface area contributed by atoms with Crippen molar-refractivity contribution in [2.24, 2.45) is 0 Å². The zero-order valence-electron chi connectivity index (χ0n) is 8.84. The van der Waals surface area contributed by atoms with Crippen molar-refractivity contribution in [3.05, 3.63) is 26.9 Å². The molecule has 3 nitrogen and oxygen atoms in total. The average Bonchev–Trinajstić information content (AvgIpc) is 2.23. The summed E-state index contributed by atoms with van der Waals surface area (Å²) >= 11 is 8.60. The van der Waals surface area contributed by atoms with Crippen molar-refractivity contribution in [2.75, 3.05) is 6.61 Å². The van der Waals surface area contributed by atoms with E-state index < -0.39 is 12.4 Å². The Bertz CT molecular complexity index is 429. The molecule has 94 valence electrons. The third kappa shape index (κ3) is 3.89. The molecule has 17 heavy (non-hydrogen) atoms. The molecule has 0 aromatic carbocycles. The van der Waals surface area contributed by atoms with Crippen molar-refractivity contribution in [3.8, 4) is 0 Å². The smallest absolute Gasteiger partial charge is 0.311 e. The lowest BCUT2D eigenvalue weighted by Gasteiger charge is -2.08. The molecule has 0 aliphatic rings. The highest BCUT2D eigenvalue weighted by molar-refractivity contribution is 9.10. The van der Waals surface area contributed by atoms with E-state index in [1.165, 1.54) is 0 Å². The van der Waals surface area contributed by atoms with Gasteiger partial charge >= 0.3 is 5.97 Å². The molecular formula is C10H9BrClF2NO2. The van der Waals surface area contributed by atoms with Crippen LogP contribution in [0.1, 0.15) is 24.6 Å². The van der Waals surface area contributed by atoms with Gasteiger partial charge in [-0.25, -0.2) is 13.8 Å². The molecule has 0 fully saturated rings. The number of nitrogens with zero attached hydrogens (tertiary/aromatic N) is 1. The first-order valence-electron chi connectivity index (χ1n) is 4.74. The minimum atomic E-state index is -2.69. The number of alkyl halides is 2. The lowest BCUT2D eigenvalue weighted by atomic mass is 10.2. The van der Waals surface area contributed by atoms with Crippen LogP contribution in [-0.2, 0) is 16.0 Å². The van der Waals surface area contributed by atoms with E-state index in [2.05, 4.69) is 20.9 Å². The van der Waals surface area contributed by atoms with Crippen LogP contribution in [0.4, 0.5) is 8.78 Å². The molecule has 1 aromatic rings. The van der Waals surface area contributed by atoms with Crippen molar-refractivity contribution < 1.29 is 18.3 Å². The first-order chi connectivity index (χ1) is 7.95. The Balaban J connectivity index is 2.98. The van der Waals surface area contributed by atoms with Crippen molar-refractivity contribution in [1.82, 2.24) is 4.98 Å². The second-order valence-corrected chi connectivity index (χ2v) is 4.24. The van der Waals surface area contributed by atoms with Gasteiger partial charge in [0.15, 0.2) is 0 Å². The van der Waals surface area contributed by atoms with Crippen LogP contribution in [0.15, 0.2) is 10.5 Å². The number of pyridine rings is 1. The fourth-order valence-electron chi connectivity index (χ4n) is 1.18. The number of carbonyl (C=O) groups is 1. The molecule has 0 amide bonds. The largest absolute Gasteiger partial charge is 0.466 e. The van der Waals surface area contributed by atoms with E-state index in [1.807, 2.05) is 0 Å². The Morgan fingerprint density at radius 3 is 2.82 bits per heavy atom. The molecule has 0 bridgehead atoms. The molecule has 0 N–H and O–H groups in total. The van der Waals surface area contributed by atoms with Crippen LogP contribution in [0.3, 0.4) is 0 Å². The second kappa shape index (κ2) is 6.26. The van der Waals surface area contributed by atoms with Crippen molar-refractivity contribution in [3.63, 3.8) is 0 Å². The lowest BCUT2D eigenvalue weighted by Crippen LogP contribution is -2.09. The molecule has 0 atom stereocenters. The minimum Gasteiger partial charge on any atom is -0.466 e. The second-order valence-electron chi connectivity index (χ2n) is 3.09. The number of rotatable bonds is 4. The summed E-state index contributed by atoms with van der Waals surface area (Å²) < 4.78 is 30.0. The van der Waals surface area contributed by atoms with Gasteiger partial charge in [-0.3, -0.25) is 4.79 Å². The van der Waals surface area contributed by atoms with E-state index in [0.717, 1.165) is 6.07 Å². The van der Waals surface area contributed by atoms with Gasteiger partial charge in [0.25, 0.3) is 6.43 Å². The van der Waals surface area contributed by atoms with Crippen LogP contribution in [-0.4, -0.2) is 17.6 Å². The number of halogens is 4. The third-order valence-electron chi connectivity index (χ3n) is 1.86. The molecule has 0 aliphatic heterocycles. The highest BCUT2D eigenvalue weighted by atomic mass is 79.9. The Morgan fingerprint density at radius 2 is 2.29 bits per heavy atom. The zero-order valence-corrected chi connectivity index (χ0v) is 11.2. The summed E-state index contributed by atoms with van der Waals surface area (Å²) in [5.41, 5.74) is -0.128. The third-order valence-corrected chi connectivity index (χ3v) is 3.20. The summed E-state index contributed by atoms with van der Waals surface area (Å²) in [5, 5.41) is -0.0953. The summed E-state index contributed by atoms with van der Waals surface area (Å²) in [5.74, 6) is -0.529. The molecule has 0 saturated heterocycles. The molecule has 0 spiro atoms. The van der Waals surface area contributed by atoms with E-state index in [9.17, 15) is 13.6 Å². The zero-order chi connectivity index (χ0) is 13.0. The van der Waals surface area contributed by atoms with Gasteiger partial charge in [-0.05, 0) is 28.9 Å². The van der Waals surface area contributed by atoms with E-state index in [4.69, 9.17) is 16.3 Å². The normalized spacial score (nSPS) is 10.7. The van der Waals surface area contributed by atoms with Gasteiger partial charge in [0.2, 0.25) is 0 Å². The summed E-state index contributed by atoms with van der Waals surface area (Å²) in [4.78, 5) is 15.0. The quantitative estimate of drug-likeness (QED) is 0.627. The van der Waals surface area contributed by atoms with Gasteiger partial charge in [0.05, 0.1) is 23.2 Å². The molecule has 0 radical (unpaired) electrons. The molecule has 1 heterocycles. The molecular weight excluding hydrogens is 319 g/mol. The van der Waals surface area contributed by atoms with E-state index in [0.29, 0.717) is 0 Å². The lowest BCUT2D eigenvalue weighted by molar-refractivity contribution is -0.142. The summed E-state index contributed by atoms with van der Waals surface area (Å²) in [7, 11) is 0. The molecule has 7 heteroatoms. The minimum absolute atomic E-state index is 0.0433. The van der Waals surface area contributed by atoms with E-state index >= 15 is 0 Å². The number of carbonyl (C=O) groups excluding carboxylic acids is 1. The Hall–Kier alpha value is -0.750. The van der Waals surface area contributed by atoms with Crippen LogP contribution in [0, 0.1) is 0 Å².